The van der Waals surface area contributed by atoms with Gasteiger partial charge in [-0.3, -0.25) is 4.79 Å². The van der Waals surface area contributed by atoms with E-state index in [2.05, 4.69) is 35.2 Å². The molecule has 0 aromatic heterocycles. The quantitative estimate of drug-likeness (QED) is 0.684. The predicted octanol–water partition coefficient (Wildman–Crippen LogP) is 4.07. The number of rotatable bonds is 7. The zero-order valence-corrected chi connectivity index (χ0v) is 18.8. The average molecular weight is 439 g/mol. The van der Waals surface area contributed by atoms with Crippen molar-refractivity contribution in [2.45, 2.75) is 62.8 Å². The number of unbranched alkanes of at least 4 members (excludes halogenated alkanes) is 1. The van der Waals surface area contributed by atoms with E-state index < -0.39 is 16.1 Å². The van der Waals surface area contributed by atoms with E-state index >= 15 is 0 Å². The van der Waals surface area contributed by atoms with Crippen LogP contribution in [0, 0.1) is 0 Å². The van der Waals surface area contributed by atoms with Gasteiger partial charge >= 0.3 is 0 Å². The van der Waals surface area contributed by atoms with Gasteiger partial charge in [0.05, 0.1) is 4.90 Å². The lowest BCUT2D eigenvalue weighted by Gasteiger charge is -2.20. The van der Waals surface area contributed by atoms with Crippen molar-refractivity contribution in [3.05, 3.63) is 64.7 Å². The van der Waals surface area contributed by atoms with Gasteiger partial charge in [-0.1, -0.05) is 55.8 Å². The Labute approximate surface area is 185 Å². The van der Waals surface area contributed by atoms with E-state index in [1.54, 1.807) is 6.07 Å². The molecule has 0 unspecified atom stereocenters. The van der Waals surface area contributed by atoms with Crippen molar-refractivity contribution in [3.8, 4) is 0 Å². The predicted molar refractivity (Wildman–Crippen MR) is 124 cm³/mol. The van der Waals surface area contributed by atoms with E-state index in [0.717, 1.165) is 54.4 Å². The number of allylic oxidation sites excluding steroid dienone is 1. The second-order valence-electron chi connectivity index (χ2n) is 8.40. The molecule has 1 aliphatic heterocycles. The van der Waals surface area contributed by atoms with Crippen molar-refractivity contribution < 1.29 is 13.2 Å². The minimum Gasteiger partial charge on any atom is -0.355 e. The highest BCUT2D eigenvalue weighted by atomic mass is 32.2. The van der Waals surface area contributed by atoms with Crippen molar-refractivity contribution in [1.82, 2.24) is 10.0 Å². The maximum Gasteiger partial charge on any atom is 0.241 e. The topological polar surface area (TPSA) is 75.3 Å². The number of carbonyl (C=O) groups is 1. The normalized spacial score (nSPS) is 18.8. The highest BCUT2D eigenvalue weighted by Crippen LogP contribution is 2.37. The zero-order chi connectivity index (χ0) is 21.8. The van der Waals surface area contributed by atoms with E-state index in [9.17, 15) is 13.2 Å². The summed E-state index contributed by atoms with van der Waals surface area (Å²) in [7, 11) is -3.86. The second-order valence-corrected chi connectivity index (χ2v) is 10.1. The van der Waals surface area contributed by atoms with Gasteiger partial charge in [0, 0.05) is 12.1 Å². The summed E-state index contributed by atoms with van der Waals surface area (Å²) in [6, 6.07) is 13.0. The first-order valence-corrected chi connectivity index (χ1v) is 12.7. The smallest absolute Gasteiger partial charge is 0.241 e. The van der Waals surface area contributed by atoms with Crippen LogP contribution in [0.3, 0.4) is 0 Å². The fourth-order valence-electron chi connectivity index (χ4n) is 4.48. The number of hydrogen-bond donors (Lipinski definition) is 2. The van der Waals surface area contributed by atoms with Crippen LogP contribution in [0.15, 0.2) is 47.4 Å². The fraction of sp³-hybridized carbons (Fsp3) is 0.400. The van der Waals surface area contributed by atoms with Crippen LogP contribution >= 0.6 is 0 Å². The maximum absolute atomic E-state index is 13.5. The molecule has 2 N–H and O–H groups in total. The van der Waals surface area contributed by atoms with E-state index in [0.29, 0.717) is 19.4 Å². The third-order valence-electron chi connectivity index (χ3n) is 6.12. The molecule has 2 aromatic rings. The first kappa shape index (κ1) is 21.8. The Balaban J connectivity index is 1.74. The molecular weight excluding hydrogens is 408 g/mol. The molecule has 0 spiro atoms. The lowest BCUT2D eigenvalue weighted by molar-refractivity contribution is -0.122. The highest BCUT2D eigenvalue weighted by molar-refractivity contribution is 7.89. The molecule has 1 heterocycles. The van der Waals surface area contributed by atoms with Gasteiger partial charge in [0.25, 0.3) is 0 Å². The molecule has 1 saturated heterocycles. The molecule has 0 bridgehead atoms. The Morgan fingerprint density at radius 3 is 2.74 bits per heavy atom. The Morgan fingerprint density at radius 1 is 1.10 bits per heavy atom. The molecule has 1 fully saturated rings. The van der Waals surface area contributed by atoms with Crippen LogP contribution in [-0.2, 0) is 27.7 Å². The Morgan fingerprint density at radius 2 is 1.94 bits per heavy atom. The molecule has 1 atom stereocenters. The van der Waals surface area contributed by atoms with Gasteiger partial charge in [-0.25, -0.2) is 8.42 Å². The molecule has 5 nitrogen and oxygen atoms in total. The van der Waals surface area contributed by atoms with E-state index in [4.69, 9.17) is 0 Å². The highest BCUT2D eigenvalue weighted by Gasteiger charge is 2.30. The van der Waals surface area contributed by atoms with Gasteiger partial charge in [-0.15, -0.1) is 0 Å². The van der Waals surface area contributed by atoms with Crippen LogP contribution in [0.4, 0.5) is 0 Å². The van der Waals surface area contributed by atoms with Gasteiger partial charge in [0.2, 0.25) is 15.9 Å². The second kappa shape index (κ2) is 9.37. The standard InChI is InChI=1S/C25H30N2O3S/c1-2-3-9-18-12-8-14-23(24(18)21-16-19-10-4-5-11-20(19)17-21)31(29,30)27-22-13-6-7-15-26-25(22)28/h4-5,8,10-12,14,16,22,27H,2-3,6-7,9,13,15,17H2,1H3,(H,26,28)/t22-/m1/s1. The van der Waals surface area contributed by atoms with Crippen LogP contribution in [-0.4, -0.2) is 26.9 Å². The summed E-state index contributed by atoms with van der Waals surface area (Å²) in [6.07, 6.45) is 7.88. The van der Waals surface area contributed by atoms with Crippen molar-refractivity contribution >= 4 is 27.6 Å². The molecule has 6 heteroatoms. The summed E-state index contributed by atoms with van der Waals surface area (Å²) in [5.41, 5.74) is 5.23. The van der Waals surface area contributed by atoms with Gasteiger partial charge in [0.1, 0.15) is 6.04 Å². The molecule has 164 valence electrons. The van der Waals surface area contributed by atoms with Crippen molar-refractivity contribution in [3.63, 3.8) is 0 Å². The van der Waals surface area contributed by atoms with Gasteiger partial charge in [-0.05, 0) is 66.9 Å². The van der Waals surface area contributed by atoms with E-state index in [-0.39, 0.29) is 10.8 Å². The summed E-state index contributed by atoms with van der Waals surface area (Å²) in [6.45, 7) is 2.73. The SMILES string of the molecule is CCCCc1cccc(S(=O)(=O)N[C@@H]2CCCCNC2=O)c1C1=Cc2ccccc2C1. The van der Waals surface area contributed by atoms with E-state index in [1.165, 1.54) is 5.56 Å². The van der Waals surface area contributed by atoms with Crippen molar-refractivity contribution in [1.29, 1.82) is 0 Å². The molecule has 2 aromatic carbocycles. The van der Waals surface area contributed by atoms with Crippen LogP contribution in [0.5, 0.6) is 0 Å². The first-order valence-electron chi connectivity index (χ1n) is 11.2. The summed E-state index contributed by atoms with van der Waals surface area (Å²) >= 11 is 0. The van der Waals surface area contributed by atoms with Crippen LogP contribution < -0.4 is 10.0 Å². The van der Waals surface area contributed by atoms with Crippen molar-refractivity contribution in [2.24, 2.45) is 0 Å². The summed E-state index contributed by atoms with van der Waals surface area (Å²) in [5, 5.41) is 2.81. The molecule has 2 aliphatic rings. The third-order valence-corrected chi connectivity index (χ3v) is 7.64. The van der Waals surface area contributed by atoms with Crippen LogP contribution in [0.1, 0.15) is 61.3 Å². The number of hydrogen-bond acceptors (Lipinski definition) is 3. The van der Waals surface area contributed by atoms with Crippen molar-refractivity contribution in [2.75, 3.05) is 6.54 Å². The molecule has 0 saturated carbocycles. The number of carbonyl (C=O) groups excluding carboxylic acids is 1. The lowest BCUT2D eigenvalue weighted by atomic mass is 9.95. The van der Waals surface area contributed by atoms with Crippen LogP contribution in [0.25, 0.3) is 11.6 Å². The molecule has 31 heavy (non-hydrogen) atoms. The number of nitrogens with one attached hydrogen (secondary N) is 2. The average Bonchev–Trinajstić information content (AvgIpc) is 3.10. The molecule has 1 amide bonds. The first-order chi connectivity index (χ1) is 15.0. The molecule has 0 radical (unpaired) electrons. The molecule has 4 rings (SSSR count). The van der Waals surface area contributed by atoms with Crippen LogP contribution in [0.2, 0.25) is 0 Å². The van der Waals surface area contributed by atoms with Gasteiger partial charge in [-0.2, -0.15) is 4.72 Å². The van der Waals surface area contributed by atoms with Gasteiger partial charge < -0.3 is 5.32 Å². The summed E-state index contributed by atoms with van der Waals surface area (Å²) < 4.78 is 29.7. The molecule has 1 aliphatic carbocycles. The number of benzene rings is 2. The number of aryl methyl sites for hydroxylation is 1. The lowest BCUT2D eigenvalue weighted by Crippen LogP contribution is -2.45. The Kier molecular flexibility index (Phi) is 6.58. The Hall–Kier alpha value is -2.44. The Bertz CT molecular complexity index is 1110. The maximum atomic E-state index is 13.5. The number of amides is 1. The minimum absolute atomic E-state index is 0.239. The zero-order valence-electron chi connectivity index (χ0n) is 18.0. The molecular formula is C25H30N2O3S. The number of fused-ring (bicyclic) bond motifs is 1. The summed E-state index contributed by atoms with van der Waals surface area (Å²) in [4.78, 5) is 12.6. The minimum atomic E-state index is -3.86. The van der Waals surface area contributed by atoms with E-state index in [1.807, 2.05) is 24.3 Å². The fourth-order valence-corrected chi connectivity index (χ4v) is 6.00. The summed E-state index contributed by atoms with van der Waals surface area (Å²) in [5.74, 6) is -0.239. The number of sulfonamides is 1. The monoisotopic (exact) mass is 438 g/mol. The third kappa shape index (κ3) is 4.75. The van der Waals surface area contributed by atoms with Gasteiger partial charge in [0.15, 0.2) is 0 Å². The largest absolute Gasteiger partial charge is 0.355 e.